The van der Waals surface area contributed by atoms with Gasteiger partial charge in [0.05, 0.1) is 4.92 Å². The van der Waals surface area contributed by atoms with E-state index in [1.54, 1.807) is 18.2 Å². The Morgan fingerprint density at radius 1 is 0.962 bits per heavy atom. The van der Waals surface area contributed by atoms with E-state index in [1.165, 1.54) is 11.1 Å². The first kappa shape index (κ1) is 19.7. The van der Waals surface area contributed by atoms with Crippen molar-refractivity contribution < 1.29 is 38.4 Å². The zero-order valence-electron chi connectivity index (χ0n) is 13.7. The number of pyridine rings is 1. The number of nitro groups is 1. The molecular weight excluding hydrogens is 364 g/mol. The first-order valence-electron chi connectivity index (χ1n) is 7.38. The number of non-ortho nitro benzene ring substituents is 1. The molecule has 0 bridgehead atoms. The van der Waals surface area contributed by atoms with Gasteiger partial charge in [-0.2, -0.15) is 4.57 Å². The van der Waals surface area contributed by atoms with Crippen LogP contribution in [0.1, 0.15) is 11.1 Å². The summed E-state index contributed by atoms with van der Waals surface area (Å²) in [6.07, 6.45) is 1.95. The fourth-order valence-corrected chi connectivity index (χ4v) is 2.47. The van der Waals surface area contributed by atoms with Crippen LogP contribution in [0.15, 0.2) is 60.8 Å². The molecule has 3 aromatic rings. The van der Waals surface area contributed by atoms with E-state index in [1.807, 2.05) is 22.9 Å². The lowest BCUT2D eigenvalue weighted by molar-refractivity contribution is -2.00. The standard InChI is InChI=1S/C17H15N2O2.ClHO4/c1-13-7-9-14(10-8-13)12-18-11-3-4-15-16(18)5-2-6-17(15)19(20)21;2-1(3,4)5/h2-11H,12H2,1H3;(H,2,3,4,5)/q+1;/p-1. The molecule has 0 amide bonds. The van der Waals surface area contributed by atoms with Crippen LogP contribution >= 0.6 is 0 Å². The summed E-state index contributed by atoms with van der Waals surface area (Å²) in [4.78, 5) is 10.8. The lowest BCUT2D eigenvalue weighted by atomic mass is 10.1. The molecule has 0 aliphatic heterocycles. The largest absolute Gasteiger partial charge is 0.283 e. The van der Waals surface area contributed by atoms with Gasteiger partial charge in [-0.05, 0) is 19.1 Å². The average Bonchev–Trinajstić information content (AvgIpc) is 2.55. The number of nitrogens with zero attached hydrogens (tertiary/aromatic N) is 2. The van der Waals surface area contributed by atoms with Crippen LogP contribution in [0.3, 0.4) is 0 Å². The summed E-state index contributed by atoms with van der Waals surface area (Å²) in [5.74, 6) is 0. The van der Waals surface area contributed by atoms with Crippen LogP contribution in [0.25, 0.3) is 10.9 Å². The number of halogens is 1. The normalized spacial score (nSPS) is 11.0. The Hall–Kier alpha value is -2.62. The monoisotopic (exact) mass is 378 g/mol. The minimum Gasteiger partial charge on any atom is -0.258 e. The first-order valence-corrected chi connectivity index (χ1v) is 8.61. The van der Waals surface area contributed by atoms with Crippen LogP contribution in [0.2, 0.25) is 0 Å². The minimum absolute atomic E-state index is 0.144. The molecule has 0 fully saturated rings. The van der Waals surface area contributed by atoms with E-state index in [0.717, 1.165) is 5.52 Å². The number of aryl methyl sites for hydroxylation is 1. The lowest BCUT2D eigenvalue weighted by Crippen LogP contribution is -2.68. The maximum Gasteiger partial charge on any atom is 0.283 e. The number of hydrogen-bond acceptors (Lipinski definition) is 6. The highest BCUT2D eigenvalue weighted by atomic mass is 35.7. The predicted octanol–water partition coefficient (Wildman–Crippen LogP) is -1.36. The summed E-state index contributed by atoms with van der Waals surface area (Å²) >= 11 is 0. The van der Waals surface area contributed by atoms with Crippen molar-refractivity contribution in [1.82, 2.24) is 0 Å². The third-order valence-corrected chi connectivity index (χ3v) is 3.57. The second kappa shape index (κ2) is 8.17. The topological polar surface area (TPSA) is 139 Å². The van der Waals surface area contributed by atoms with Crippen LogP contribution in [0, 0.1) is 27.3 Å². The summed E-state index contributed by atoms with van der Waals surface area (Å²) in [5, 5.41) is 11.8. The molecule has 0 aliphatic carbocycles. The maximum absolute atomic E-state index is 11.1. The molecule has 0 unspecified atom stereocenters. The van der Waals surface area contributed by atoms with Crippen molar-refractivity contribution in [1.29, 1.82) is 0 Å². The van der Waals surface area contributed by atoms with Gasteiger partial charge in [0, 0.05) is 23.8 Å². The Morgan fingerprint density at radius 2 is 1.58 bits per heavy atom. The van der Waals surface area contributed by atoms with Gasteiger partial charge in [-0.25, -0.2) is 18.6 Å². The number of nitro benzene ring substituents is 1. The highest BCUT2D eigenvalue weighted by Crippen LogP contribution is 2.22. The summed E-state index contributed by atoms with van der Waals surface area (Å²) in [6, 6.07) is 17.1. The fraction of sp³-hybridized carbons (Fsp3) is 0.118. The number of benzene rings is 2. The van der Waals surface area contributed by atoms with E-state index >= 15 is 0 Å². The van der Waals surface area contributed by atoms with E-state index < -0.39 is 10.2 Å². The second-order valence-corrected chi connectivity index (χ2v) is 6.22. The summed E-state index contributed by atoms with van der Waals surface area (Å²) < 4.78 is 36.0. The molecule has 2 aromatic carbocycles. The highest BCUT2D eigenvalue weighted by Gasteiger charge is 2.17. The summed E-state index contributed by atoms with van der Waals surface area (Å²) in [6.45, 7) is 2.75. The Labute approximate surface area is 151 Å². The number of aromatic nitrogens is 1. The van der Waals surface area contributed by atoms with Gasteiger partial charge >= 0.3 is 0 Å². The molecule has 1 aromatic heterocycles. The lowest BCUT2D eigenvalue weighted by Gasteiger charge is -2.17. The van der Waals surface area contributed by atoms with E-state index in [9.17, 15) is 10.1 Å². The van der Waals surface area contributed by atoms with E-state index in [0.29, 0.717) is 11.9 Å². The van der Waals surface area contributed by atoms with E-state index in [4.69, 9.17) is 18.6 Å². The molecule has 0 spiro atoms. The Morgan fingerprint density at radius 3 is 2.15 bits per heavy atom. The highest BCUT2D eigenvalue weighted by molar-refractivity contribution is 5.85. The third kappa shape index (κ3) is 5.73. The molecule has 26 heavy (non-hydrogen) atoms. The van der Waals surface area contributed by atoms with Gasteiger partial charge in [-0.1, -0.05) is 29.8 Å². The van der Waals surface area contributed by atoms with Crippen LogP contribution in [-0.4, -0.2) is 4.92 Å². The molecule has 3 rings (SSSR count). The molecule has 0 saturated carbocycles. The molecule has 1 heterocycles. The number of fused-ring (bicyclic) bond motifs is 1. The molecule has 0 radical (unpaired) electrons. The molecule has 0 aliphatic rings. The molecule has 9 heteroatoms. The van der Waals surface area contributed by atoms with Gasteiger partial charge < -0.3 is 0 Å². The van der Waals surface area contributed by atoms with E-state index in [2.05, 4.69) is 31.2 Å². The van der Waals surface area contributed by atoms with Gasteiger partial charge in [-0.3, -0.25) is 10.1 Å². The van der Waals surface area contributed by atoms with Gasteiger partial charge in [0.2, 0.25) is 5.52 Å². The Bertz CT molecular complexity index is 903. The summed E-state index contributed by atoms with van der Waals surface area (Å²) in [5.41, 5.74) is 3.40. The molecule has 0 atom stereocenters. The first-order chi connectivity index (χ1) is 12.1. The Balaban J connectivity index is 0.000000431. The zero-order valence-corrected chi connectivity index (χ0v) is 14.5. The van der Waals surface area contributed by atoms with Crippen LogP contribution in [0.5, 0.6) is 0 Å². The molecular formula is C17H15ClN2O6. The van der Waals surface area contributed by atoms with Crippen molar-refractivity contribution >= 4 is 16.6 Å². The average molecular weight is 379 g/mol. The summed E-state index contributed by atoms with van der Waals surface area (Å²) in [7, 11) is -4.94. The molecule has 0 saturated heterocycles. The fourth-order valence-electron chi connectivity index (χ4n) is 2.47. The second-order valence-electron chi connectivity index (χ2n) is 5.47. The Kier molecular flexibility index (Phi) is 6.19. The van der Waals surface area contributed by atoms with Crippen molar-refractivity contribution in [2.45, 2.75) is 13.5 Å². The van der Waals surface area contributed by atoms with E-state index in [-0.39, 0.29) is 10.6 Å². The number of rotatable bonds is 3. The van der Waals surface area contributed by atoms with Gasteiger partial charge in [0.15, 0.2) is 12.7 Å². The number of hydrogen-bond donors (Lipinski definition) is 0. The van der Waals surface area contributed by atoms with Crippen LogP contribution < -0.4 is 23.2 Å². The predicted molar refractivity (Wildman–Crippen MR) is 81.1 cm³/mol. The van der Waals surface area contributed by atoms with Crippen molar-refractivity contribution in [2.24, 2.45) is 0 Å². The minimum atomic E-state index is -4.94. The maximum atomic E-state index is 11.1. The van der Waals surface area contributed by atoms with Crippen molar-refractivity contribution in [3.8, 4) is 0 Å². The quantitative estimate of drug-likeness (QED) is 0.313. The zero-order chi connectivity index (χ0) is 19.3. The smallest absolute Gasteiger partial charge is 0.258 e. The van der Waals surface area contributed by atoms with Crippen LogP contribution in [0.4, 0.5) is 5.69 Å². The molecule has 0 N–H and O–H groups in total. The molecule has 136 valence electrons. The van der Waals surface area contributed by atoms with Crippen molar-refractivity contribution in [2.75, 3.05) is 0 Å². The van der Waals surface area contributed by atoms with Gasteiger partial charge in [-0.15, -0.1) is 10.2 Å². The van der Waals surface area contributed by atoms with Crippen molar-refractivity contribution in [3.05, 3.63) is 82.0 Å². The van der Waals surface area contributed by atoms with Crippen LogP contribution in [-0.2, 0) is 6.54 Å². The SMILES string of the molecule is Cc1ccc(C[n+]2cccc3c([N+](=O)[O-])cccc32)cc1.[O-][Cl+3]([O-])([O-])[O-]. The van der Waals surface area contributed by atoms with Gasteiger partial charge in [0.1, 0.15) is 5.39 Å². The third-order valence-electron chi connectivity index (χ3n) is 3.57. The van der Waals surface area contributed by atoms with Gasteiger partial charge in [0.25, 0.3) is 5.69 Å². The van der Waals surface area contributed by atoms with Crippen molar-refractivity contribution in [3.63, 3.8) is 0 Å². The molecule has 8 nitrogen and oxygen atoms in total.